The highest BCUT2D eigenvalue weighted by Gasteiger charge is 2.03. The Morgan fingerprint density at radius 3 is 2.82 bits per heavy atom. The molecule has 0 N–H and O–H groups in total. The van der Waals surface area contributed by atoms with E-state index in [2.05, 4.69) is 20.9 Å². The van der Waals surface area contributed by atoms with E-state index < -0.39 is 0 Å². The van der Waals surface area contributed by atoms with Gasteiger partial charge in [0.2, 0.25) is 0 Å². The Kier molecular flexibility index (Phi) is 3.88. The predicted molar refractivity (Wildman–Crippen MR) is 68.1 cm³/mol. The van der Waals surface area contributed by atoms with Gasteiger partial charge in [0.25, 0.3) is 0 Å². The van der Waals surface area contributed by atoms with Crippen molar-refractivity contribution in [1.82, 2.24) is 4.98 Å². The summed E-state index contributed by atoms with van der Waals surface area (Å²) in [6.07, 6.45) is 2.52. The molecule has 0 unspecified atom stereocenters. The zero-order valence-corrected chi connectivity index (χ0v) is 10.6. The van der Waals surface area contributed by atoms with Gasteiger partial charge in [-0.25, -0.2) is 0 Å². The molecular formula is C13H10BrNO2. The second kappa shape index (κ2) is 5.59. The minimum atomic E-state index is 0.403. The molecule has 0 saturated heterocycles. The molecule has 3 nitrogen and oxygen atoms in total. The number of halogens is 1. The van der Waals surface area contributed by atoms with Gasteiger partial charge in [-0.3, -0.25) is 9.78 Å². The first-order valence-corrected chi connectivity index (χ1v) is 5.86. The van der Waals surface area contributed by atoms with Gasteiger partial charge in [0.15, 0.2) is 0 Å². The van der Waals surface area contributed by atoms with Crippen LogP contribution in [0.4, 0.5) is 0 Å². The first-order valence-electron chi connectivity index (χ1n) is 5.07. The quantitative estimate of drug-likeness (QED) is 0.812. The Balaban J connectivity index is 2.07. The van der Waals surface area contributed by atoms with Crippen molar-refractivity contribution in [1.29, 1.82) is 0 Å². The molecule has 0 spiro atoms. The minimum absolute atomic E-state index is 0.403. The molecule has 4 heteroatoms. The summed E-state index contributed by atoms with van der Waals surface area (Å²) in [7, 11) is 0. The van der Waals surface area contributed by atoms with Crippen molar-refractivity contribution in [3.63, 3.8) is 0 Å². The normalized spacial score (nSPS) is 9.94. The molecule has 86 valence electrons. The Bertz CT molecular complexity index is 514. The van der Waals surface area contributed by atoms with Crippen molar-refractivity contribution in [2.24, 2.45) is 0 Å². The third-order valence-corrected chi connectivity index (χ3v) is 2.81. The molecule has 0 aliphatic heterocycles. The van der Waals surface area contributed by atoms with Crippen LogP contribution in [0.5, 0.6) is 5.75 Å². The topological polar surface area (TPSA) is 39.2 Å². The van der Waals surface area contributed by atoms with Crippen LogP contribution in [0, 0.1) is 0 Å². The van der Waals surface area contributed by atoms with Crippen molar-refractivity contribution in [3.05, 3.63) is 58.3 Å². The molecule has 1 heterocycles. The van der Waals surface area contributed by atoms with Crippen LogP contribution in [0.25, 0.3) is 0 Å². The molecule has 17 heavy (non-hydrogen) atoms. The van der Waals surface area contributed by atoms with E-state index in [1.54, 1.807) is 24.4 Å². The van der Waals surface area contributed by atoms with Gasteiger partial charge in [0, 0.05) is 11.8 Å². The van der Waals surface area contributed by atoms with E-state index in [0.29, 0.717) is 17.9 Å². The molecule has 1 aromatic carbocycles. The van der Waals surface area contributed by atoms with Gasteiger partial charge in [0.1, 0.15) is 18.6 Å². The number of benzene rings is 1. The average molecular weight is 292 g/mol. The summed E-state index contributed by atoms with van der Waals surface area (Å²) in [6.45, 7) is 0.403. The largest absolute Gasteiger partial charge is 0.486 e. The van der Waals surface area contributed by atoms with E-state index >= 15 is 0 Å². The maximum Gasteiger partial charge on any atom is 0.150 e. The van der Waals surface area contributed by atoms with Crippen LogP contribution in [-0.4, -0.2) is 11.3 Å². The number of carbonyl (C=O) groups excluding carboxylic acids is 1. The highest BCUT2D eigenvalue weighted by molar-refractivity contribution is 9.10. The average Bonchev–Trinajstić information content (AvgIpc) is 2.38. The Labute approximate surface area is 108 Å². The van der Waals surface area contributed by atoms with Crippen molar-refractivity contribution in [2.45, 2.75) is 6.61 Å². The summed E-state index contributed by atoms with van der Waals surface area (Å²) in [6, 6.07) is 10.9. The van der Waals surface area contributed by atoms with Crippen LogP contribution in [-0.2, 0) is 6.61 Å². The number of carbonyl (C=O) groups is 1. The maximum absolute atomic E-state index is 10.6. The van der Waals surface area contributed by atoms with Gasteiger partial charge in [-0.05, 0) is 46.3 Å². The lowest BCUT2D eigenvalue weighted by Crippen LogP contribution is -1.98. The highest BCUT2D eigenvalue weighted by Crippen LogP contribution is 2.26. The molecule has 0 atom stereocenters. The summed E-state index contributed by atoms with van der Waals surface area (Å²) in [5.74, 6) is 0.696. The third-order valence-electron chi connectivity index (χ3n) is 2.19. The number of rotatable bonds is 4. The zero-order chi connectivity index (χ0) is 12.1. The fourth-order valence-corrected chi connectivity index (χ4v) is 1.85. The van der Waals surface area contributed by atoms with E-state index in [9.17, 15) is 4.79 Å². The van der Waals surface area contributed by atoms with E-state index in [4.69, 9.17) is 4.74 Å². The highest BCUT2D eigenvalue weighted by atomic mass is 79.9. The molecular weight excluding hydrogens is 282 g/mol. The van der Waals surface area contributed by atoms with E-state index in [1.165, 1.54) is 0 Å². The predicted octanol–water partition coefficient (Wildman–Crippen LogP) is 3.24. The fraction of sp³-hybridized carbons (Fsp3) is 0.0769. The number of pyridine rings is 1. The molecule has 0 radical (unpaired) electrons. The van der Waals surface area contributed by atoms with E-state index in [-0.39, 0.29) is 0 Å². The number of aldehydes is 1. The van der Waals surface area contributed by atoms with Gasteiger partial charge in [-0.15, -0.1) is 0 Å². The second-order valence-electron chi connectivity index (χ2n) is 3.42. The van der Waals surface area contributed by atoms with Gasteiger partial charge < -0.3 is 4.74 Å². The maximum atomic E-state index is 10.6. The lowest BCUT2D eigenvalue weighted by atomic mass is 10.2. The fourth-order valence-electron chi connectivity index (χ4n) is 1.34. The molecule has 0 aliphatic rings. The zero-order valence-electron chi connectivity index (χ0n) is 8.97. The molecule has 0 fully saturated rings. The lowest BCUT2D eigenvalue weighted by molar-refractivity contribution is 0.112. The molecule has 0 saturated carbocycles. The molecule has 0 amide bonds. The van der Waals surface area contributed by atoms with Crippen molar-refractivity contribution >= 4 is 22.2 Å². The van der Waals surface area contributed by atoms with Crippen LogP contribution in [0.15, 0.2) is 47.1 Å². The molecule has 1 aromatic heterocycles. The summed E-state index contributed by atoms with van der Waals surface area (Å²) < 4.78 is 6.36. The van der Waals surface area contributed by atoms with Crippen molar-refractivity contribution in [3.8, 4) is 5.75 Å². The SMILES string of the molecule is O=Cc1ccc(OCc2ccccn2)c(Br)c1. The summed E-state index contributed by atoms with van der Waals surface area (Å²) >= 11 is 3.36. The Hall–Kier alpha value is -1.68. The second-order valence-corrected chi connectivity index (χ2v) is 4.27. The molecule has 2 rings (SSSR count). The molecule has 0 bridgehead atoms. The summed E-state index contributed by atoms with van der Waals surface area (Å²) in [5.41, 5.74) is 1.47. The number of aromatic nitrogens is 1. The standard InChI is InChI=1S/C13H10BrNO2/c14-12-7-10(8-16)4-5-13(12)17-9-11-3-1-2-6-15-11/h1-8H,9H2. The smallest absolute Gasteiger partial charge is 0.150 e. The van der Waals surface area contributed by atoms with Crippen molar-refractivity contribution in [2.75, 3.05) is 0 Å². The van der Waals surface area contributed by atoms with E-state index in [0.717, 1.165) is 16.5 Å². The van der Waals surface area contributed by atoms with Gasteiger partial charge in [-0.2, -0.15) is 0 Å². The van der Waals surface area contributed by atoms with Gasteiger partial charge in [-0.1, -0.05) is 6.07 Å². The number of hydrogen-bond donors (Lipinski definition) is 0. The Morgan fingerprint density at radius 2 is 2.18 bits per heavy atom. The first kappa shape index (κ1) is 11.8. The van der Waals surface area contributed by atoms with Gasteiger partial charge >= 0.3 is 0 Å². The number of ether oxygens (including phenoxy) is 1. The minimum Gasteiger partial charge on any atom is -0.486 e. The molecule has 0 aliphatic carbocycles. The Morgan fingerprint density at radius 1 is 1.29 bits per heavy atom. The number of nitrogens with zero attached hydrogens (tertiary/aromatic N) is 1. The van der Waals surface area contributed by atoms with Crippen molar-refractivity contribution < 1.29 is 9.53 Å². The summed E-state index contributed by atoms with van der Waals surface area (Å²) in [5, 5.41) is 0. The van der Waals surface area contributed by atoms with Crippen LogP contribution >= 0.6 is 15.9 Å². The van der Waals surface area contributed by atoms with Crippen LogP contribution in [0.3, 0.4) is 0 Å². The molecule has 2 aromatic rings. The van der Waals surface area contributed by atoms with Crippen LogP contribution < -0.4 is 4.74 Å². The number of hydrogen-bond acceptors (Lipinski definition) is 3. The van der Waals surface area contributed by atoms with Gasteiger partial charge in [0.05, 0.1) is 10.2 Å². The summed E-state index contributed by atoms with van der Waals surface area (Å²) in [4.78, 5) is 14.7. The van der Waals surface area contributed by atoms with Crippen LogP contribution in [0.1, 0.15) is 16.1 Å². The van der Waals surface area contributed by atoms with Crippen LogP contribution in [0.2, 0.25) is 0 Å². The lowest BCUT2D eigenvalue weighted by Gasteiger charge is -2.07. The monoisotopic (exact) mass is 291 g/mol. The van der Waals surface area contributed by atoms with E-state index in [1.807, 2.05) is 18.2 Å². The first-order chi connectivity index (χ1) is 8.29. The third kappa shape index (κ3) is 3.14.